The summed E-state index contributed by atoms with van der Waals surface area (Å²) in [5.74, 6) is 1.60. The van der Waals surface area contributed by atoms with Crippen molar-refractivity contribution in [3.05, 3.63) is 90.2 Å². The Kier molecular flexibility index (Phi) is 5.92. The van der Waals surface area contributed by atoms with E-state index in [0.29, 0.717) is 28.7 Å². The van der Waals surface area contributed by atoms with Gasteiger partial charge in [0.25, 0.3) is 0 Å². The van der Waals surface area contributed by atoms with Crippen molar-refractivity contribution in [3.8, 4) is 0 Å². The van der Waals surface area contributed by atoms with E-state index in [1.165, 1.54) is 6.20 Å². The first-order valence-electron chi connectivity index (χ1n) is 11.1. The standard InChI is InChI=1S/C27H31FN4/c1-18-16-21(17-18)26(30-14-13-29)31-27(3,4)23-11-10-20-12-15-32(19(2)24(20)25(23)28)22-8-6-5-7-9-22/h5-15,18,21H,2,16-17,29H2,1,3-4H3,(H,30,31)/b14-13-. The minimum atomic E-state index is -0.762. The van der Waals surface area contributed by atoms with Gasteiger partial charge in [-0.2, -0.15) is 0 Å². The second-order valence-electron chi connectivity index (χ2n) is 9.19. The van der Waals surface area contributed by atoms with Crippen molar-refractivity contribution in [1.29, 1.82) is 0 Å². The topological polar surface area (TPSA) is 53.6 Å². The molecule has 2 aromatic carbocycles. The molecule has 4 nitrogen and oxygen atoms in total. The number of amidine groups is 1. The largest absolute Gasteiger partial charge is 0.403 e. The number of aliphatic imine (C=N–C) groups is 1. The third kappa shape index (κ3) is 4.07. The molecule has 1 saturated carbocycles. The van der Waals surface area contributed by atoms with Gasteiger partial charge >= 0.3 is 0 Å². The van der Waals surface area contributed by atoms with Gasteiger partial charge in [-0.05, 0) is 56.4 Å². The zero-order chi connectivity index (χ0) is 22.9. The van der Waals surface area contributed by atoms with E-state index in [-0.39, 0.29) is 5.82 Å². The van der Waals surface area contributed by atoms with Crippen molar-refractivity contribution < 1.29 is 4.39 Å². The molecule has 1 heterocycles. The van der Waals surface area contributed by atoms with Crippen molar-refractivity contribution in [2.45, 2.75) is 39.2 Å². The second-order valence-corrected chi connectivity index (χ2v) is 9.19. The van der Waals surface area contributed by atoms with Crippen molar-refractivity contribution in [3.63, 3.8) is 0 Å². The number of halogens is 1. The lowest BCUT2D eigenvalue weighted by molar-refractivity contribution is 0.275. The smallest absolute Gasteiger partial charge is 0.138 e. The molecule has 166 valence electrons. The maximum atomic E-state index is 16.0. The van der Waals surface area contributed by atoms with Crippen molar-refractivity contribution in [1.82, 2.24) is 5.32 Å². The fraction of sp³-hybridized carbons (Fsp3) is 0.296. The first-order chi connectivity index (χ1) is 15.3. The molecule has 1 aliphatic heterocycles. The molecular formula is C27H31FN4. The van der Waals surface area contributed by atoms with E-state index in [0.717, 1.165) is 29.9 Å². The highest BCUT2D eigenvalue weighted by atomic mass is 19.1. The van der Waals surface area contributed by atoms with Gasteiger partial charge in [0.15, 0.2) is 0 Å². The number of anilines is 1. The Balaban J connectivity index is 1.71. The number of nitrogens with two attached hydrogens (primary N) is 1. The molecule has 0 saturated heterocycles. The van der Waals surface area contributed by atoms with Crippen LogP contribution in [0.3, 0.4) is 0 Å². The van der Waals surface area contributed by atoms with Gasteiger partial charge in [-0.15, -0.1) is 0 Å². The molecular weight excluding hydrogens is 399 g/mol. The van der Waals surface area contributed by atoms with Gasteiger partial charge in [-0.1, -0.05) is 43.8 Å². The monoisotopic (exact) mass is 430 g/mol. The molecule has 2 aromatic rings. The molecule has 0 aromatic heterocycles. The third-order valence-corrected chi connectivity index (χ3v) is 6.34. The van der Waals surface area contributed by atoms with Crippen LogP contribution in [-0.4, -0.2) is 5.84 Å². The molecule has 0 bridgehead atoms. The lowest BCUT2D eigenvalue weighted by atomic mass is 9.75. The molecule has 0 amide bonds. The maximum Gasteiger partial charge on any atom is 0.138 e. The highest BCUT2D eigenvalue weighted by Gasteiger charge is 2.34. The Bertz CT molecular complexity index is 1090. The van der Waals surface area contributed by atoms with Gasteiger partial charge < -0.3 is 16.0 Å². The van der Waals surface area contributed by atoms with Gasteiger partial charge in [0.05, 0.1) is 5.54 Å². The number of hydrogen-bond donors (Lipinski definition) is 2. The van der Waals surface area contributed by atoms with Gasteiger partial charge in [-0.25, -0.2) is 4.39 Å². The minimum absolute atomic E-state index is 0.276. The van der Waals surface area contributed by atoms with E-state index in [1.54, 1.807) is 6.20 Å². The number of hydrogen-bond acceptors (Lipinski definition) is 3. The van der Waals surface area contributed by atoms with E-state index < -0.39 is 5.54 Å². The minimum Gasteiger partial charge on any atom is -0.403 e. The summed E-state index contributed by atoms with van der Waals surface area (Å²) in [4.78, 5) is 6.90. The van der Waals surface area contributed by atoms with Crippen LogP contribution in [0.25, 0.3) is 11.8 Å². The number of nitrogens with zero attached hydrogens (tertiary/aromatic N) is 2. The van der Waals surface area contributed by atoms with E-state index in [1.807, 2.05) is 73.5 Å². The summed E-state index contributed by atoms with van der Waals surface area (Å²) in [6.45, 7) is 10.4. The fourth-order valence-electron chi connectivity index (χ4n) is 4.55. The first kappa shape index (κ1) is 21.9. The number of benzene rings is 2. The van der Waals surface area contributed by atoms with Gasteiger partial charge in [0, 0.05) is 47.0 Å². The predicted molar refractivity (Wildman–Crippen MR) is 132 cm³/mol. The Morgan fingerprint density at radius 1 is 1.22 bits per heavy atom. The zero-order valence-electron chi connectivity index (χ0n) is 19.0. The summed E-state index contributed by atoms with van der Waals surface area (Å²) in [5, 5.41) is 3.22. The molecule has 0 atom stereocenters. The van der Waals surface area contributed by atoms with Gasteiger partial charge in [0.1, 0.15) is 11.7 Å². The molecule has 0 radical (unpaired) electrons. The van der Waals surface area contributed by atoms with Crippen LogP contribution in [0.4, 0.5) is 10.1 Å². The van der Waals surface area contributed by atoms with Crippen molar-refractivity contribution in [2.24, 2.45) is 22.6 Å². The summed E-state index contributed by atoms with van der Waals surface area (Å²) in [6.07, 6.45) is 9.14. The lowest BCUT2D eigenvalue weighted by Gasteiger charge is -2.35. The number of nitrogens with one attached hydrogen (secondary N) is 1. The fourth-order valence-corrected chi connectivity index (χ4v) is 4.55. The maximum absolute atomic E-state index is 16.0. The van der Waals surface area contributed by atoms with Crippen LogP contribution in [0.5, 0.6) is 0 Å². The Labute approximate surface area is 190 Å². The molecule has 4 rings (SSSR count). The Morgan fingerprint density at radius 2 is 1.94 bits per heavy atom. The normalized spacial score (nSPS) is 20.9. The SMILES string of the molecule is C=C1c2c(ccc(C(C)(C)N=C(N/C=C\N)C3CC(C)C3)c2F)C=CN1c1ccccc1. The Morgan fingerprint density at radius 3 is 2.59 bits per heavy atom. The van der Waals surface area contributed by atoms with Crippen LogP contribution < -0.4 is 16.0 Å². The third-order valence-electron chi connectivity index (χ3n) is 6.34. The summed E-state index contributed by atoms with van der Waals surface area (Å²) in [6, 6.07) is 13.6. The first-order valence-corrected chi connectivity index (χ1v) is 11.1. The van der Waals surface area contributed by atoms with Crippen LogP contribution >= 0.6 is 0 Å². The average molecular weight is 431 g/mol. The molecule has 2 aliphatic rings. The van der Waals surface area contributed by atoms with E-state index in [4.69, 9.17) is 10.7 Å². The van der Waals surface area contributed by atoms with Crippen LogP contribution in [0, 0.1) is 17.7 Å². The zero-order valence-corrected chi connectivity index (χ0v) is 19.0. The van der Waals surface area contributed by atoms with E-state index in [9.17, 15) is 0 Å². The van der Waals surface area contributed by atoms with Gasteiger partial charge in [0.2, 0.25) is 0 Å². The van der Waals surface area contributed by atoms with Crippen molar-refractivity contribution >= 4 is 23.3 Å². The van der Waals surface area contributed by atoms with Crippen LogP contribution in [-0.2, 0) is 5.54 Å². The molecule has 3 N–H and O–H groups in total. The van der Waals surface area contributed by atoms with Gasteiger partial charge in [-0.3, -0.25) is 4.99 Å². The second kappa shape index (κ2) is 8.65. The molecule has 1 aliphatic carbocycles. The van der Waals surface area contributed by atoms with E-state index >= 15 is 4.39 Å². The van der Waals surface area contributed by atoms with Crippen molar-refractivity contribution in [2.75, 3.05) is 4.90 Å². The summed E-state index contributed by atoms with van der Waals surface area (Å²) >= 11 is 0. The van der Waals surface area contributed by atoms with Crippen LogP contribution in [0.2, 0.25) is 0 Å². The molecule has 32 heavy (non-hydrogen) atoms. The number of rotatable bonds is 5. The average Bonchev–Trinajstić information content (AvgIpc) is 2.75. The molecule has 0 unspecified atom stereocenters. The molecule has 0 spiro atoms. The van der Waals surface area contributed by atoms with Crippen LogP contribution in [0.15, 0.2) is 72.6 Å². The highest BCUT2D eigenvalue weighted by molar-refractivity contribution is 5.89. The highest BCUT2D eigenvalue weighted by Crippen LogP contribution is 2.40. The molecule has 5 heteroatoms. The predicted octanol–water partition coefficient (Wildman–Crippen LogP) is 5.99. The summed E-state index contributed by atoms with van der Waals surface area (Å²) in [7, 11) is 0. The van der Waals surface area contributed by atoms with E-state index in [2.05, 4.69) is 18.8 Å². The lowest BCUT2D eigenvalue weighted by Crippen LogP contribution is -2.38. The number of fused-ring (bicyclic) bond motifs is 1. The summed E-state index contributed by atoms with van der Waals surface area (Å²) < 4.78 is 16.0. The Hall–Kier alpha value is -3.34. The quantitative estimate of drug-likeness (QED) is 0.453. The summed E-state index contributed by atoms with van der Waals surface area (Å²) in [5.41, 5.74) is 8.22. The molecule has 1 fully saturated rings. The number of para-hydroxylation sites is 1. The van der Waals surface area contributed by atoms with Crippen LogP contribution in [0.1, 0.15) is 50.3 Å².